The van der Waals surface area contributed by atoms with Crippen molar-refractivity contribution in [1.82, 2.24) is 18.8 Å². The Bertz CT molecular complexity index is 1910. The van der Waals surface area contributed by atoms with Crippen LogP contribution in [0.5, 0.6) is 28.7 Å². The fourth-order valence-corrected chi connectivity index (χ4v) is 4.08. The van der Waals surface area contributed by atoms with E-state index in [9.17, 15) is 9.18 Å². The van der Waals surface area contributed by atoms with E-state index in [1.54, 1.807) is 63.4 Å². The fraction of sp³-hybridized carbons (Fsp3) is 0.176. The fourth-order valence-electron chi connectivity index (χ4n) is 3.92. The van der Waals surface area contributed by atoms with Gasteiger partial charge in [0.2, 0.25) is 0 Å². The SMILES string of the molecule is COc1ccc(O)c(OC)c1.COc1ccc(OCc2ccc3cncn3c2)c(C=O)c1.Cl.ClCc1ccc2cncn2c1.O=CO[O-].[2H]CF.[H-].[K+].[K+]. The number of alkyl halides is 2. The summed E-state index contributed by atoms with van der Waals surface area (Å²) in [5.74, 6) is 2.92. The number of hydrogen-bond acceptors (Lipinski definition) is 11. The number of halogens is 3. The maximum Gasteiger partial charge on any atom is 1.00 e. The van der Waals surface area contributed by atoms with Crippen LogP contribution >= 0.6 is 24.0 Å². The molecule has 270 valence electrons. The molecule has 6 aromatic rings. The predicted octanol–water partition coefficient (Wildman–Crippen LogP) is -0.220. The van der Waals surface area contributed by atoms with Crippen LogP contribution in [0.15, 0.2) is 98.1 Å². The van der Waals surface area contributed by atoms with Crippen molar-refractivity contribution in [2.75, 3.05) is 28.5 Å². The number of rotatable bonds is 9. The number of imidazole rings is 2. The number of nitrogens with zero attached hydrogens (tertiary/aromatic N) is 4. The zero-order chi connectivity index (χ0) is 36.7. The van der Waals surface area contributed by atoms with Gasteiger partial charge in [-0.3, -0.25) is 14.0 Å². The van der Waals surface area contributed by atoms with Crippen LogP contribution in [0.3, 0.4) is 0 Å². The van der Waals surface area contributed by atoms with Crippen LogP contribution in [0, 0.1) is 0 Å². The van der Waals surface area contributed by atoms with Crippen LogP contribution in [0.25, 0.3) is 11.0 Å². The summed E-state index contributed by atoms with van der Waals surface area (Å²) in [6, 6.07) is 17.9. The molecule has 18 heteroatoms. The van der Waals surface area contributed by atoms with E-state index in [2.05, 4.69) is 14.9 Å². The van der Waals surface area contributed by atoms with Gasteiger partial charge in [-0.1, -0.05) is 12.1 Å². The van der Waals surface area contributed by atoms with E-state index in [0.29, 0.717) is 41.0 Å². The summed E-state index contributed by atoms with van der Waals surface area (Å²) < 4.78 is 40.0. The number of aromatic hydroxyl groups is 1. The first kappa shape index (κ1) is 49.7. The number of carbonyl (C=O) groups excluding carboxylic acids is 2. The smallest absolute Gasteiger partial charge is 1.00 e. The Balaban J connectivity index is -0.000000679. The van der Waals surface area contributed by atoms with Crippen LogP contribution in [0.1, 0.15) is 24.3 Å². The maximum atomic E-state index is 11.1. The molecule has 0 aliphatic rings. The zero-order valence-electron chi connectivity index (χ0n) is 31.2. The molecule has 0 aliphatic carbocycles. The van der Waals surface area contributed by atoms with E-state index < -0.39 is 7.15 Å². The number of hydrogen-bond donors (Lipinski definition) is 1. The number of pyridine rings is 2. The third-order valence-electron chi connectivity index (χ3n) is 6.26. The summed E-state index contributed by atoms with van der Waals surface area (Å²) in [6.45, 7) is 0.196. The van der Waals surface area contributed by atoms with Gasteiger partial charge in [0.1, 0.15) is 23.9 Å². The third kappa shape index (κ3) is 17.2. The summed E-state index contributed by atoms with van der Waals surface area (Å²) >= 11 is 5.66. The van der Waals surface area contributed by atoms with Crippen LogP contribution in [0.2, 0.25) is 0 Å². The average Bonchev–Trinajstić information content (AvgIpc) is 3.84. The molecule has 13 nitrogen and oxygen atoms in total. The number of phenols is 1. The standard InChI is InChI=1S/C16H14N2O3.C8H7ClN2.C8H10O3.CH3F.CH2O3.ClH.2K.H/c1-20-15-4-5-16(13(6-15)9-19)21-10-12-2-3-14-7-17-11-18(14)8-12;9-3-7-1-2-8-4-10-6-11(8)5-7;1-10-6-3-4-7(9)8(5-6)11-2;1-2;2-1-4-3;;;;/h2-9,11H,10H2,1H3;1-2,4-6H,3H2;3-5,9H,1-2H3;1H3;1,3H;1H;;;/q;;;;;;2*+1;-1/p-1/i;;;1D;;;;;. The van der Waals surface area contributed by atoms with Crippen LogP contribution < -0.4 is 127 Å². The second kappa shape index (κ2) is 30.1. The summed E-state index contributed by atoms with van der Waals surface area (Å²) in [6.07, 6.45) is 11.8. The Labute approximate surface area is 399 Å². The van der Waals surface area contributed by atoms with Gasteiger partial charge in [-0.2, -0.15) is 0 Å². The van der Waals surface area contributed by atoms with Crippen molar-refractivity contribution in [2.45, 2.75) is 12.5 Å². The first-order valence-corrected chi connectivity index (χ1v) is 14.5. The van der Waals surface area contributed by atoms with Gasteiger partial charge in [0.25, 0.3) is 6.47 Å². The average molecular weight is 815 g/mol. The third-order valence-corrected chi connectivity index (χ3v) is 6.57. The van der Waals surface area contributed by atoms with Crippen molar-refractivity contribution in [2.24, 2.45) is 0 Å². The predicted molar refractivity (Wildman–Crippen MR) is 186 cm³/mol. The minimum Gasteiger partial charge on any atom is -1.00 e. The molecule has 52 heavy (non-hydrogen) atoms. The Hall–Kier alpha value is -2.30. The molecule has 0 spiro atoms. The van der Waals surface area contributed by atoms with Crippen molar-refractivity contribution < 1.29 is 154 Å². The first-order valence-electron chi connectivity index (χ1n) is 14.6. The molecule has 0 atom stereocenters. The van der Waals surface area contributed by atoms with E-state index in [1.165, 1.54) is 13.2 Å². The molecule has 2 aromatic carbocycles. The van der Waals surface area contributed by atoms with E-state index in [-0.39, 0.29) is 129 Å². The number of aromatic nitrogens is 4. The van der Waals surface area contributed by atoms with E-state index in [0.717, 1.165) is 28.4 Å². The number of benzene rings is 2. The monoisotopic (exact) mass is 813 g/mol. The zero-order valence-corrected chi connectivity index (χ0v) is 37.0. The normalized spacial score (nSPS) is 9.23. The number of ether oxygens (including phenoxy) is 4. The number of fused-ring (bicyclic) bond motifs is 2. The molecule has 0 fully saturated rings. The summed E-state index contributed by atoms with van der Waals surface area (Å²) in [5.41, 5.74) is 4.69. The second-order valence-electron chi connectivity index (χ2n) is 9.20. The number of aldehydes is 1. The Morgan fingerprint density at radius 1 is 0.865 bits per heavy atom. The largest absolute Gasteiger partial charge is 1.00 e. The maximum absolute atomic E-state index is 11.1. The van der Waals surface area contributed by atoms with Gasteiger partial charge in [0.05, 0.1) is 71.5 Å². The Kier molecular flexibility index (Phi) is 28.7. The number of carbonyl (C=O) groups is 2. The van der Waals surface area contributed by atoms with Gasteiger partial charge >= 0.3 is 103 Å². The Morgan fingerprint density at radius 3 is 1.88 bits per heavy atom. The van der Waals surface area contributed by atoms with Gasteiger partial charge in [0.15, 0.2) is 17.8 Å². The van der Waals surface area contributed by atoms with Gasteiger partial charge in [-0.15, -0.1) is 24.0 Å². The van der Waals surface area contributed by atoms with Crippen molar-refractivity contribution in [3.05, 3.63) is 115 Å². The van der Waals surface area contributed by atoms with Gasteiger partial charge in [-0.05, 0) is 48.0 Å². The van der Waals surface area contributed by atoms with Gasteiger partial charge in [-0.25, -0.2) is 9.97 Å². The summed E-state index contributed by atoms with van der Waals surface area (Å²) in [4.78, 5) is 30.4. The van der Waals surface area contributed by atoms with Gasteiger partial charge < -0.3 is 44.4 Å². The van der Waals surface area contributed by atoms with Crippen molar-refractivity contribution in [3.8, 4) is 28.7 Å². The van der Waals surface area contributed by atoms with Gasteiger partial charge in [0, 0.05) is 29.9 Å². The first-order chi connectivity index (χ1) is 24.3. The van der Waals surface area contributed by atoms with Crippen molar-refractivity contribution >= 4 is 47.8 Å². The summed E-state index contributed by atoms with van der Waals surface area (Å²) in [5, 5.41) is 17.6. The van der Waals surface area contributed by atoms with Crippen molar-refractivity contribution in [1.29, 1.82) is 0 Å². The minimum absolute atomic E-state index is 0. The Morgan fingerprint density at radius 2 is 1.38 bits per heavy atom. The topological polar surface area (TPSA) is 158 Å². The molecule has 0 bridgehead atoms. The summed E-state index contributed by atoms with van der Waals surface area (Å²) in [7, 11) is 3.62. The van der Waals surface area contributed by atoms with E-state index >= 15 is 0 Å². The molecule has 1 N–H and O–H groups in total. The molecule has 0 amide bonds. The molecule has 0 saturated carbocycles. The van der Waals surface area contributed by atoms with Crippen molar-refractivity contribution in [3.63, 3.8) is 0 Å². The number of phenolic OH excluding ortho intramolecular Hbond substituents is 1. The molecule has 4 aromatic heterocycles. The van der Waals surface area contributed by atoms with E-state index in [4.69, 9.17) is 47.1 Å². The van der Waals surface area contributed by atoms with Crippen LogP contribution in [0.4, 0.5) is 4.39 Å². The molecular formula is C34H37Cl2FK2N4O9. The quantitative estimate of drug-likeness (QED) is 0.0677. The molecule has 0 radical (unpaired) electrons. The molecule has 6 rings (SSSR count). The van der Waals surface area contributed by atoms with E-state index in [1.807, 2.05) is 51.7 Å². The molecule has 0 aliphatic heterocycles. The minimum atomic E-state index is -1.00. The molecule has 4 heterocycles. The number of methoxy groups -OCH3 is 3. The molecule has 0 saturated heterocycles. The van der Waals surface area contributed by atoms with Crippen LogP contribution in [-0.2, 0) is 22.2 Å². The second-order valence-corrected chi connectivity index (χ2v) is 9.47. The molecule has 0 unspecified atom stereocenters. The molecular weight excluding hydrogens is 776 g/mol. The van der Waals surface area contributed by atoms with Crippen LogP contribution in [-0.4, -0.2) is 65.1 Å².